The molecule has 0 fully saturated rings. The van der Waals surface area contributed by atoms with Gasteiger partial charge in [-0.05, 0) is 31.0 Å². The third-order valence-electron chi connectivity index (χ3n) is 3.07. The Morgan fingerprint density at radius 2 is 1.83 bits per heavy atom. The fourth-order valence-electron chi connectivity index (χ4n) is 2.05. The maximum absolute atomic E-state index is 11.1. The molecule has 0 radical (unpaired) electrons. The number of nitrogens with zero attached hydrogens (tertiary/aromatic N) is 1. The topological polar surface area (TPSA) is 55.0 Å². The van der Waals surface area contributed by atoms with Gasteiger partial charge in [0.15, 0.2) is 6.10 Å². The van der Waals surface area contributed by atoms with Gasteiger partial charge in [-0.1, -0.05) is 48.8 Å². The number of aromatic nitrogens is 2. The van der Waals surface area contributed by atoms with Crippen LogP contribution < -0.4 is 0 Å². The van der Waals surface area contributed by atoms with Crippen molar-refractivity contribution < 1.29 is 9.53 Å². The first-order valence-electron chi connectivity index (χ1n) is 7.17. The smallest absolute Gasteiger partial charge is 0.303 e. The molecule has 7 heteroatoms. The molecule has 0 bridgehead atoms. The SMILES string of the molecule is CC(=O)OC(C)c1nc(Sc2cc(Cl)cc(Cl)c2)c(C(C)C)[nH]1. The number of imidazole rings is 1. The molecule has 1 unspecified atom stereocenters. The monoisotopic (exact) mass is 372 g/mol. The zero-order valence-electron chi connectivity index (χ0n) is 13.3. The Morgan fingerprint density at radius 1 is 1.22 bits per heavy atom. The molecule has 0 aliphatic rings. The molecule has 1 atom stereocenters. The minimum absolute atomic E-state index is 0.248. The Balaban J connectivity index is 2.33. The van der Waals surface area contributed by atoms with E-state index >= 15 is 0 Å². The van der Waals surface area contributed by atoms with Gasteiger partial charge in [-0.15, -0.1) is 0 Å². The number of carbonyl (C=O) groups excluding carboxylic acids is 1. The molecular weight excluding hydrogens is 355 g/mol. The number of carbonyl (C=O) groups is 1. The lowest BCUT2D eigenvalue weighted by Crippen LogP contribution is -2.06. The summed E-state index contributed by atoms with van der Waals surface area (Å²) in [5, 5.41) is 1.98. The van der Waals surface area contributed by atoms with E-state index in [1.165, 1.54) is 18.7 Å². The number of rotatable bonds is 5. The molecule has 1 heterocycles. The summed E-state index contributed by atoms with van der Waals surface area (Å²) in [4.78, 5) is 19.9. The Morgan fingerprint density at radius 3 is 2.35 bits per heavy atom. The number of hydrogen-bond donors (Lipinski definition) is 1. The van der Waals surface area contributed by atoms with Crippen molar-refractivity contribution in [2.75, 3.05) is 0 Å². The van der Waals surface area contributed by atoms with Crippen LogP contribution in [0.3, 0.4) is 0 Å². The first-order valence-corrected chi connectivity index (χ1v) is 8.74. The average molecular weight is 373 g/mol. The van der Waals surface area contributed by atoms with Crippen LogP contribution in [0.25, 0.3) is 0 Å². The highest BCUT2D eigenvalue weighted by molar-refractivity contribution is 7.99. The largest absolute Gasteiger partial charge is 0.455 e. The summed E-state index contributed by atoms with van der Waals surface area (Å²) in [6.45, 7) is 7.31. The Bertz CT molecular complexity index is 696. The fraction of sp³-hybridized carbons (Fsp3) is 0.375. The third-order valence-corrected chi connectivity index (χ3v) is 4.48. The van der Waals surface area contributed by atoms with Crippen LogP contribution in [0.1, 0.15) is 51.2 Å². The molecule has 0 saturated heterocycles. The van der Waals surface area contributed by atoms with Crippen molar-refractivity contribution in [2.45, 2.75) is 49.6 Å². The summed E-state index contributed by atoms with van der Waals surface area (Å²) < 4.78 is 5.19. The molecule has 23 heavy (non-hydrogen) atoms. The molecule has 2 aromatic rings. The van der Waals surface area contributed by atoms with Crippen molar-refractivity contribution in [2.24, 2.45) is 0 Å². The molecular formula is C16H18Cl2N2O2S. The van der Waals surface area contributed by atoms with Gasteiger partial charge in [-0.3, -0.25) is 4.79 Å². The highest BCUT2D eigenvalue weighted by atomic mass is 35.5. The van der Waals surface area contributed by atoms with Crippen molar-refractivity contribution in [1.29, 1.82) is 0 Å². The van der Waals surface area contributed by atoms with E-state index in [4.69, 9.17) is 27.9 Å². The normalized spacial score (nSPS) is 12.5. The first kappa shape index (κ1) is 18.2. The maximum atomic E-state index is 11.1. The van der Waals surface area contributed by atoms with Crippen molar-refractivity contribution in [3.8, 4) is 0 Å². The number of halogens is 2. The Kier molecular flexibility index (Phi) is 6.00. The van der Waals surface area contributed by atoms with E-state index < -0.39 is 6.10 Å². The van der Waals surface area contributed by atoms with Crippen LogP contribution in [-0.4, -0.2) is 15.9 Å². The summed E-state index contributed by atoms with van der Waals surface area (Å²) in [6, 6.07) is 5.37. The van der Waals surface area contributed by atoms with Crippen LogP contribution in [0.4, 0.5) is 0 Å². The first-order chi connectivity index (χ1) is 10.8. The van der Waals surface area contributed by atoms with Crippen molar-refractivity contribution in [1.82, 2.24) is 9.97 Å². The van der Waals surface area contributed by atoms with E-state index in [1.54, 1.807) is 13.0 Å². The predicted molar refractivity (Wildman–Crippen MR) is 93.4 cm³/mol. The molecule has 0 aliphatic carbocycles. The molecule has 0 saturated carbocycles. The highest BCUT2D eigenvalue weighted by Gasteiger charge is 2.19. The average Bonchev–Trinajstić information content (AvgIpc) is 2.80. The van der Waals surface area contributed by atoms with E-state index in [-0.39, 0.29) is 11.9 Å². The van der Waals surface area contributed by atoms with Crippen LogP contribution in [0.2, 0.25) is 10.0 Å². The zero-order chi connectivity index (χ0) is 17.1. The summed E-state index contributed by atoms with van der Waals surface area (Å²) in [5.41, 5.74) is 0.986. The molecule has 1 aromatic carbocycles. The summed E-state index contributed by atoms with van der Waals surface area (Å²) in [7, 11) is 0. The lowest BCUT2D eigenvalue weighted by atomic mass is 10.2. The van der Waals surface area contributed by atoms with Gasteiger partial charge in [0, 0.05) is 21.9 Å². The van der Waals surface area contributed by atoms with Gasteiger partial charge >= 0.3 is 5.97 Å². The fourth-order valence-corrected chi connectivity index (χ4v) is 3.85. The van der Waals surface area contributed by atoms with Crippen LogP contribution in [0.5, 0.6) is 0 Å². The number of ether oxygens (including phenoxy) is 1. The molecule has 2 rings (SSSR count). The number of esters is 1. The number of H-pyrrole nitrogens is 1. The second-order valence-electron chi connectivity index (χ2n) is 5.45. The zero-order valence-corrected chi connectivity index (χ0v) is 15.6. The second-order valence-corrected chi connectivity index (χ2v) is 7.39. The van der Waals surface area contributed by atoms with Crippen molar-refractivity contribution in [3.63, 3.8) is 0 Å². The lowest BCUT2D eigenvalue weighted by Gasteiger charge is -2.08. The van der Waals surface area contributed by atoms with E-state index in [0.29, 0.717) is 15.9 Å². The van der Waals surface area contributed by atoms with Gasteiger partial charge in [0.2, 0.25) is 0 Å². The molecule has 124 valence electrons. The summed E-state index contributed by atoms with van der Waals surface area (Å²) in [5.74, 6) is 0.535. The number of hydrogen-bond acceptors (Lipinski definition) is 4. The van der Waals surface area contributed by atoms with Crippen molar-refractivity contribution >= 4 is 40.9 Å². The standard InChI is InChI=1S/C16H18Cl2N2O2S/c1-8(2)14-16(20-15(19-14)9(3)22-10(4)21)23-13-6-11(17)5-12(18)7-13/h5-9H,1-4H3,(H,19,20). The van der Waals surface area contributed by atoms with Crippen LogP contribution in [0, 0.1) is 0 Å². The van der Waals surface area contributed by atoms with Gasteiger partial charge in [0.25, 0.3) is 0 Å². The maximum Gasteiger partial charge on any atom is 0.303 e. The van der Waals surface area contributed by atoms with Crippen LogP contribution >= 0.6 is 35.0 Å². The highest BCUT2D eigenvalue weighted by Crippen LogP contribution is 2.36. The Hall–Kier alpha value is -1.17. The van der Waals surface area contributed by atoms with Gasteiger partial charge < -0.3 is 9.72 Å². The summed E-state index contributed by atoms with van der Waals surface area (Å²) in [6.07, 6.45) is -0.428. The molecule has 0 aliphatic heterocycles. The van der Waals surface area contributed by atoms with Crippen LogP contribution in [0.15, 0.2) is 28.1 Å². The van der Waals surface area contributed by atoms with E-state index in [0.717, 1.165) is 15.6 Å². The quantitative estimate of drug-likeness (QED) is 0.692. The second kappa shape index (κ2) is 7.60. The van der Waals surface area contributed by atoms with Gasteiger partial charge in [0.05, 0.1) is 5.69 Å². The minimum atomic E-state index is -0.428. The van der Waals surface area contributed by atoms with Gasteiger partial charge in [-0.2, -0.15) is 0 Å². The van der Waals surface area contributed by atoms with Gasteiger partial charge in [0.1, 0.15) is 10.9 Å². The van der Waals surface area contributed by atoms with E-state index in [2.05, 4.69) is 23.8 Å². The molecule has 1 aromatic heterocycles. The summed E-state index contributed by atoms with van der Waals surface area (Å²) >= 11 is 13.6. The number of aromatic amines is 1. The van der Waals surface area contributed by atoms with E-state index in [1.807, 2.05) is 12.1 Å². The van der Waals surface area contributed by atoms with E-state index in [9.17, 15) is 4.79 Å². The van der Waals surface area contributed by atoms with Crippen molar-refractivity contribution in [3.05, 3.63) is 39.8 Å². The van der Waals surface area contributed by atoms with Gasteiger partial charge in [-0.25, -0.2) is 4.98 Å². The predicted octanol–water partition coefficient (Wildman–Crippen LogP) is 5.62. The Labute approximate surface area is 149 Å². The number of benzene rings is 1. The molecule has 1 N–H and O–H groups in total. The number of nitrogens with one attached hydrogen (secondary N) is 1. The lowest BCUT2D eigenvalue weighted by molar-refractivity contribution is -0.146. The third kappa shape index (κ3) is 4.90. The minimum Gasteiger partial charge on any atom is -0.455 e. The molecule has 4 nitrogen and oxygen atoms in total. The molecule has 0 amide bonds. The van der Waals surface area contributed by atoms with Crippen LogP contribution in [-0.2, 0) is 9.53 Å². The molecule has 0 spiro atoms.